The van der Waals surface area contributed by atoms with Crippen molar-refractivity contribution in [1.82, 2.24) is 13.9 Å². The number of benzene rings is 3. The number of carbonyl (C=O) groups excluding carboxylic acids is 1. The maximum atomic E-state index is 13.3. The average molecular weight is 558 g/mol. The Morgan fingerprint density at radius 3 is 2.22 bits per heavy atom. The van der Waals surface area contributed by atoms with Crippen LogP contribution in [0.3, 0.4) is 0 Å². The summed E-state index contributed by atoms with van der Waals surface area (Å²) in [7, 11) is -3.94. The highest BCUT2D eigenvalue weighted by atomic mass is 35.5. The largest absolute Gasteiger partial charge is 0.294 e. The molecular weight excluding hydrogens is 531 g/mol. The summed E-state index contributed by atoms with van der Waals surface area (Å²) in [5.41, 5.74) is 3.29. The van der Waals surface area contributed by atoms with Crippen LogP contribution in [0.2, 0.25) is 10.0 Å². The number of hydrogen-bond donors (Lipinski definition) is 1. The molecule has 1 amide bonds. The number of imidazole rings is 1. The second-order valence-corrected chi connectivity index (χ2v) is 11.6. The van der Waals surface area contributed by atoms with Gasteiger partial charge >= 0.3 is 0 Å². The van der Waals surface area contributed by atoms with E-state index in [-0.39, 0.29) is 17.4 Å². The fourth-order valence-corrected chi connectivity index (χ4v) is 5.64. The number of sulfonamides is 1. The van der Waals surface area contributed by atoms with Crippen LogP contribution >= 0.6 is 23.2 Å². The summed E-state index contributed by atoms with van der Waals surface area (Å²) in [6.45, 7) is 5.01. The third kappa shape index (κ3) is 6.22. The molecule has 7 nitrogen and oxygen atoms in total. The maximum absolute atomic E-state index is 13.3. The van der Waals surface area contributed by atoms with Gasteiger partial charge in [0, 0.05) is 33.5 Å². The first-order chi connectivity index (χ1) is 17.5. The van der Waals surface area contributed by atoms with E-state index in [9.17, 15) is 13.2 Å². The van der Waals surface area contributed by atoms with Gasteiger partial charge < -0.3 is 0 Å². The molecule has 0 aliphatic heterocycles. The second kappa shape index (κ2) is 11.1. The molecule has 1 heterocycles. The Labute approximate surface area is 226 Å². The van der Waals surface area contributed by atoms with Gasteiger partial charge in [0.2, 0.25) is 21.9 Å². The number of halogens is 2. The molecule has 37 heavy (non-hydrogen) atoms. The lowest BCUT2D eigenvalue weighted by Crippen LogP contribution is -2.42. The Bertz CT molecular complexity index is 1520. The fourth-order valence-electron chi connectivity index (χ4n) is 3.80. The molecule has 192 valence electrons. The highest BCUT2D eigenvalue weighted by molar-refractivity contribution is 7.89. The van der Waals surface area contributed by atoms with Crippen molar-refractivity contribution in [2.75, 3.05) is 11.9 Å². The molecule has 4 rings (SSSR count). The molecule has 10 heteroatoms. The predicted molar refractivity (Wildman–Crippen MR) is 148 cm³/mol. The molecule has 1 N–H and O–H groups in total. The lowest BCUT2D eigenvalue weighted by molar-refractivity contribution is -0.116. The lowest BCUT2D eigenvalue weighted by Gasteiger charge is -2.25. The van der Waals surface area contributed by atoms with Crippen LogP contribution in [-0.4, -0.2) is 40.8 Å². The summed E-state index contributed by atoms with van der Waals surface area (Å²) < 4.78 is 29.5. The fraction of sp³-hybridized carbons (Fsp3) is 0.185. The zero-order valence-electron chi connectivity index (χ0n) is 20.5. The van der Waals surface area contributed by atoms with Crippen molar-refractivity contribution in [1.29, 1.82) is 0 Å². The second-order valence-electron chi connectivity index (χ2n) is 8.81. The number of aromatic nitrogens is 2. The minimum atomic E-state index is -3.94. The van der Waals surface area contributed by atoms with Gasteiger partial charge in [0.15, 0.2) is 0 Å². The molecule has 0 atom stereocenters. The zero-order valence-corrected chi connectivity index (χ0v) is 22.8. The van der Waals surface area contributed by atoms with Gasteiger partial charge in [-0.1, -0.05) is 47.5 Å². The molecule has 0 saturated heterocycles. The summed E-state index contributed by atoms with van der Waals surface area (Å²) in [4.78, 5) is 17.9. The molecule has 0 radical (unpaired) electrons. The van der Waals surface area contributed by atoms with Gasteiger partial charge in [0.1, 0.15) is 0 Å². The first kappa shape index (κ1) is 26.9. The van der Waals surface area contributed by atoms with Crippen molar-refractivity contribution in [3.8, 4) is 16.9 Å². The Morgan fingerprint density at radius 1 is 1.00 bits per heavy atom. The number of amides is 1. The van der Waals surface area contributed by atoms with Crippen molar-refractivity contribution in [2.24, 2.45) is 0 Å². The van der Waals surface area contributed by atoms with E-state index in [1.54, 1.807) is 30.5 Å². The van der Waals surface area contributed by atoms with Crippen LogP contribution in [0.15, 0.2) is 83.9 Å². The molecule has 4 aromatic rings. The van der Waals surface area contributed by atoms with E-state index in [4.69, 9.17) is 23.2 Å². The summed E-state index contributed by atoms with van der Waals surface area (Å²) in [5, 5.41) is 3.83. The van der Waals surface area contributed by atoms with Crippen LogP contribution in [0.1, 0.15) is 19.4 Å². The number of hydrogen-bond acceptors (Lipinski definition) is 4. The number of carbonyl (C=O) groups is 1. The average Bonchev–Trinajstić information content (AvgIpc) is 3.26. The molecule has 0 bridgehead atoms. The van der Waals surface area contributed by atoms with E-state index in [2.05, 4.69) is 10.3 Å². The molecule has 0 saturated carbocycles. The van der Waals surface area contributed by atoms with E-state index in [1.165, 1.54) is 24.3 Å². The van der Waals surface area contributed by atoms with Crippen molar-refractivity contribution in [3.05, 3.63) is 94.6 Å². The first-order valence-corrected chi connectivity index (χ1v) is 13.7. The van der Waals surface area contributed by atoms with Gasteiger partial charge in [-0.3, -0.25) is 14.7 Å². The Kier molecular flexibility index (Phi) is 8.04. The van der Waals surface area contributed by atoms with Gasteiger partial charge in [-0.25, -0.2) is 13.4 Å². The molecule has 0 aliphatic carbocycles. The minimum absolute atomic E-state index is 0.0599. The molecule has 0 fully saturated rings. The van der Waals surface area contributed by atoms with Crippen LogP contribution in [0.25, 0.3) is 16.9 Å². The smallest absolute Gasteiger partial charge is 0.243 e. The first-order valence-electron chi connectivity index (χ1n) is 11.5. The number of nitrogens with zero attached hydrogens (tertiary/aromatic N) is 3. The summed E-state index contributed by atoms with van der Waals surface area (Å²) in [6.07, 6.45) is 1.82. The van der Waals surface area contributed by atoms with E-state index in [0.29, 0.717) is 15.7 Å². The number of rotatable bonds is 8. The van der Waals surface area contributed by atoms with Gasteiger partial charge in [-0.2, -0.15) is 4.31 Å². The van der Waals surface area contributed by atoms with Crippen LogP contribution in [-0.2, 0) is 14.8 Å². The van der Waals surface area contributed by atoms with E-state index >= 15 is 0 Å². The zero-order chi connectivity index (χ0) is 26.7. The standard InChI is InChI=1S/C27H26Cl2N4O3S/c1-18(2)33(37(35,36)24-13-11-22(29)12-14-24)17-26(34)31-27-30-25(20-7-9-21(28)10-8-20)16-32(27)23-6-4-5-19(3)15-23/h4-16,18H,17H2,1-3H3,(H,30,31,34). The molecule has 3 aromatic carbocycles. The SMILES string of the molecule is Cc1cccc(-n2cc(-c3ccc(Cl)cc3)nc2NC(=O)CN(C(C)C)S(=O)(=O)c2ccc(Cl)cc2)c1. The third-order valence-electron chi connectivity index (χ3n) is 5.67. The Hall–Kier alpha value is -3.17. The van der Waals surface area contributed by atoms with E-state index in [1.807, 2.05) is 49.5 Å². The van der Waals surface area contributed by atoms with Gasteiger partial charge in [0.05, 0.1) is 17.1 Å². The number of aryl methyl sites for hydroxylation is 1. The van der Waals surface area contributed by atoms with E-state index in [0.717, 1.165) is 21.1 Å². The van der Waals surface area contributed by atoms with Crippen molar-refractivity contribution < 1.29 is 13.2 Å². The van der Waals surface area contributed by atoms with Gasteiger partial charge in [-0.05, 0) is 74.9 Å². The van der Waals surface area contributed by atoms with E-state index < -0.39 is 22.0 Å². The molecule has 0 spiro atoms. The topological polar surface area (TPSA) is 84.3 Å². The summed E-state index contributed by atoms with van der Waals surface area (Å²) in [5.74, 6) is -0.249. The molecular formula is C27H26Cl2N4O3S. The third-order valence-corrected chi connectivity index (χ3v) is 8.21. The van der Waals surface area contributed by atoms with Crippen molar-refractivity contribution >= 4 is 45.1 Å². The predicted octanol–water partition coefficient (Wildman–Crippen LogP) is 6.19. The highest BCUT2D eigenvalue weighted by Gasteiger charge is 2.29. The van der Waals surface area contributed by atoms with Crippen LogP contribution in [0.4, 0.5) is 5.95 Å². The summed E-state index contributed by atoms with van der Waals surface area (Å²) in [6, 6.07) is 20.4. The summed E-state index contributed by atoms with van der Waals surface area (Å²) >= 11 is 12.0. The molecule has 0 aliphatic rings. The molecule has 1 aromatic heterocycles. The van der Waals surface area contributed by atoms with Gasteiger partial charge in [-0.15, -0.1) is 0 Å². The normalized spacial score (nSPS) is 11.8. The lowest BCUT2D eigenvalue weighted by atomic mass is 10.2. The van der Waals surface area contributed by atoms with Crippen LogP contribution < -0.4 is 5.32 Å². The van der Waals surface area contributed by atoms with Gasteiger partial charge in [0.25, 0.3) is 0 Å². The monoisotopic (exact) mass is 556 g/mol. The highest BCUT2D eigenvalue weighted by Crippen LogP contribution is 2.26. The maximum Gasteiger partial charge on any atom is 0.243 e. The van der Waals surface area contributed by atoms with Crippen LogP contribution in [0.5, 0.6) is 0 Å². The van der Waals surface area contributed by atoms with Crippen LogP contribution in [0, 0.1) is 6.92 Å². The minimum Gasteiger partial charge on any atom is -0.294 e. The van der Waals surface area contributed by atoms with Crippen molar-refractivity contribution in [3.63, 3.8) is 0 Å². The number of anilines is 1. The molecule has 0 unspecified atom stereocenters. The number of nitrogens with one attached hydrogen (secondary N) is 1. The Balaban J connectivity index is 1.66. The Morgan fingerprint density at radius 2 is 1.62 bits per heavy atom. The quantitative estimate of drug-likeness (QED) is 0.280. The van der Waals surface area contributed by atoms with Crippen molar-refractivity contribution in [2.45, 2.75) is 31.7 Å².